The van der Waals surface area contributed by atoms with Gasteiger partial charge in [0.15, 0.2) is 5.82 Å². The number of carbonyl (C=O) groups is 2. The molecule has 0 aliphatic carbocycles. The maximum Gasteiger partial charge on any atom is 0.353 e. The zero-order valence-electron chi connectivity index (χ0n) is 10.8. The van der Waals surface area contributed by atoms with Crippen molar-refractivity contribution in [3.63, 3.8) is 0 Å². The summed E-state index contributed by atoms with van der Waals surface area (Å²) < 4.78 is 5.37. The lowest BCUT2D eigenvalue weighted by Gasteiger charge is -2.07. The third-order valence-corrected chi connectivity index (χ3v) is 2.81. The molecule has 2 rings (SSSR count). The number of aromatic nitrogens is 2. The average molecular weight is 310 g/mol. The van der Waals surface area contributed by atoms with Crippen molar-refractivity contribution in [2.45, 2.75) is 6.42 Å². The number of carboxylic acids is 1. The first-order chi connectivity index (χ1) is 10.1. The molecule has 8 heteroatoms. The monoisotopic (exact) mass is 309 g/mol. The second kappa shape index (κ2) is 6.76. The molecule has 0 bridgehead atoms. The van der Waals surface area contributed by atoms with E-state index in [9.17, 15) is 9.59 Å². The van der Waals surface area contributed by atoms with Crippen LogP contribution in [0, 0.1) is 0 Å². The third-order valence-electron chi connectivity index (χ3n) is 2.50. The molecule has 3 N–H and O–H groups in total. The van der Waals surface area contributed by atoms with Crippen molar-refractivity contribution in [1.82, 2.24) is 10.2 Å². The van der Waals surface area contributed by atoms with Crippen LogP contribution in [0.5, 0.6) is 5.75 Å². The number of nitrogens with zero attached hydrogens (tertiary/aromatic N) is 1. The number of halogens is 1. The number of benzene rings is 1. The molecule has 0 spiro atoms. The Morgan fingerprint density at radius 2 is 2.14 bits per heavy atom. The molecule has 7 nitrogen and oxygen atoms in total. The van der Waals surface area contributed by atoms with E-state index in [4.69, 9.17) is 21.4 Å². The number of amides is 1. The lowest BCUT2D eigenvalue weighted by atomic mass is 10.3. The molecular formula is C13H12ClN3O4. The molecular weight excluding hydrogens is 298 g/mol. The molecule has 0 fully saturated rings. The summed E-state index contributed by atoms with van der Waals surface area (Å²) in [4.78, 5) is 22.3. The van der Waals surface area contributed by atoms with Gasteiger partial charge in [0, 0.05) is 6.07 Å². The lowest BCUT2D eigenvalue weighted by Crippen LogP contribution is -2.15. The Morgan fingerprint density at radius 1 is 1.38 bits per heavy atom. The van der Waals surface area contributed by atoms with Crippen LogP contribution in [-0.2, 0) is 4.79 Å². The van der Waals surface area contributed by atoms with Crippen molar-refractivity contribution < 1.29 is 19.4 Å². The SMILES string of the molecule is O=C(CCOc1ccccc1Cl)Nc1cc(C(=O)O)[nH]n1. The zero-order chi connectivity index (χ0) is 15.2. The number of anilines is 1. The highest BCUT2D eigenvalue weighted by Gasteiger charge is 2.10. The van der Waals surface area contributed by atoms with Crippen molar-refractivity contribution in [3.8, 4) is 5.75 Å². The summed E-state index contributed by atoms with van der Waals surface area (Å²) in [5.74, 6) is -0.842. The number of hydrogen-bond acceptors (Lipinski definition) is 4. The second-order valence-electron chi connectivity index (χ2n) is 4.05. The molecule has 21 heavy (non-hydrogen) atoms. The summed E-state index contributed by atoms with van der Waals surface area (Å²) >= 11 is 5.91. The Hall–Kier alpha value is -2.54. The Morgan fingerprint density at radius 3 is 2.81 bits per heavy atom. The number of para-hydroxylation sites is 1. The number of carboxylic acid groups (broad SMARTS) is 1. The summed E-state index contributed by atoms with van der Waals surface area (Å²) in [5.41, 5.74) is -0.0994. The fraction of sp³-hybridized carbons (Fsp3) is 0.154. The second-order valence-corrected chi connectivity index (χ2v) is 4.46. The standard InChI is InChI=1S/C13H12ClN3O4/c14-8-3-1-2-4-10(8)21-6-5-12(18)15-11-7-9(13(19)20)16-17-11/h1-4,7H,5-6H2,(H,19,20)(H2,15,16,17,18). The molecule has 0 saturated carbocycles. The third kappa shape index (κ3) is 4.22. The van der Waals surface area contributed by atoms with Gasteiger partial charge < -0.3 is 15.2 Å². The lowest BCUT2D eigenvalue weighted by molar-refractivity contribution is -0.116. The van der Waals surface area contributed by atoms with Crippen LogP contribution >= 0.6 is 11.6 Å². The maximum absolute atomic E-state index is 11.6. The average Bonchev–Trinajstić information content (AvgIpc) is 2.89. The van der Waals surface area contributed by atoms with E-state index in [0.717, 1.165) is 0 Å². The first-order valence-electron chi connectivity index (χ1n) is 6.02. The Bertz CT molecular complexity index is 656. The highest BCUT2D eigenvalue weighted by molar-refractivity contribution is 6.32. The van der Waals surface area contributed by atoms with Crippen LogP contribution < -0.4 is 10.1 Å². The molecule has 0 unspecified atom stereocenters. The van der Waals surface area contributed by atoms with Gasteiger partial charge in [0.05, 0.1) is 18.1 Å². The van der Waals surface area contributed by atoms with E-state index in [2.05, 4.69) is 15.5 Å². The van der Waals surface area contributed by atoms with Gasteiger partial charge in [-0.25, -0.2) is 4.79 Å². The van der Waals surface area contributed by atoms with Gasteiger partial charge in [0.2, 0.25) is 5.91 Å². The summed E-state index contributed by atoms with van der Waals surface area (Å²) in [6.45, 7) is 0.145. The highest BCUT2D eigenvalue weighted by Crippen LogP contribution is 2.23. The van der Waals surface area contributed by atoms with E-state index < -0.39 is 5.97 Å². The van der Waals surface area contributed by atoms with E-state index >= 15 is 0 Å². The van der Waals surface area contributed by atoms with Crippen LogP contribution in [0.4, 0.5) is 5.82 Å². The fourth-order valence-corrected chi connectivity index (χ4v) is 1.71. The Labute approximate surface area is 124 Å². The van der Waals surface area contributed by atoms with Crippen LogP contribution in [0.15, 0.2) is 30.3 Å². The number of aromatic amines is 1. The van der Waals surface area contributed by atoms with Crippen molar-refractivity contribution in [3.05, 3.63) is 41.0 Å². The summed E-state index contributed by atoms with van der Waals surface area (Å²) in [6, 6.07) is 8.17. The van der Waals surface area contributed by atoms with Crippen molar-refractivity contribution in [1.29, 1.82) is 0 Å². The highest BCUT2D eigenvalue weighted by atomic mass is 35.5. The van der Waals surface area contributed by atoms with Crippen LogP contribution in [0.25, 0.3) is 0 Å². The predicted octanol–water partition coefficient (Wildman–Crippen LogP) is 2.17. The molecule has 1 amide bonds. The molecule has 1 heterocycles. The molecule has 0 atom stereocenters. The maximum atomic E-state index is 11.6. The van der Waals surface area contributed by atoms with E-state index in [-0.39, 0.29) is 30.4 Å². The van der Waals surface area contributed by atoms with Crippen LogP contribution in [0.2, 0.25) is 5.02 Å². The predicted molar refractivity (Wildman–Crippen MR) is 75.7 cm³/mol. The first kappa shape index (κ1) is 14.9. The normalized spacial score (nSPS) is 10.1. The minimum Gasteiger partial charge on any atom is -0.491 e. The first-order valence-corrected chi connectivity index (χ1v) is 6.40. The van der Waals surface area contributed by atoms with Gasteiger partial charge in [-0.05, 0) is 12.1 Å². The number of ether oxygens (including phenoxy) is 1. The van der Waals surface area contributed by atoms with Crippen LogP contribution in [0.1, 0.15) is 16.9 Å². The molecule has 0 radical (unpaired) electrons. The zero-order valence-corrected chi connectivity index (χ0v) is 11.6. The van der Waals surface area contributed by atoms with E-state index in [0.29, 0.717) is 10.8 Å². The summed E-state index contributed by atoms with van der Waals surface area (Å²) in [6.07, 6.45) is 0.0838. The van der Waals surface area contributed by atoms with Gasteiger partial charge in [-0.3, -0.25) is 9.89 Å². The minimum absolute atomic E-state index is 0.0838. The Kier molecular flexibility index (Phi) is 4.78. The number of hydrogen-bond donors (Lipinski definition) is 3. The van der Waals surface area contributed by atoms with Crippen molar-refractivity contribution >= 4 is 29.3 Å². The fourth-order valence-electron chi connectivity index (χ4n) is 1.52. The van der Waals surface area contributed by atoms with Gasteiger partial charge >= 0.3 is 5.97 Å². The van der Waals surface area contributed by atoms with Gasteiger partial charge in [0.1, 0.15) is 11.4 Å². The van der Waals surface area contributed by atoms with Gasteiger partial charge in [-0.1, -0.05) is 23.7 Å². The molecule has 2 aromatic rings. The topological polar surface area (TPSA) is 104 Å². The molecule has 1 aromatic carbocycles. The number of rotatable bonds is 6. The minimum atomic E-state index is -1.15. The summed E-state index contributed by atoms with van der Waals surface area (Å²) in [7, 11) is 0. The largest absolute Gasteiger partial charge is 0.491 e. The van der Waals surface area contributed by atoms with Crippen molar-refractivity contribution in [2.24, 2.45) is 0 Å². The molecule has 110 valence electrons. The van der Waals surface area contributed by atoms with E-state index in [1.807, 2.05) is 0 Å². The van der Waals surface area contributed by atoms with Crippen LogP contribution in [-0.4, -0.2) is 33.8 Å². The Balaban J connectivity index is 1.79. The number of aromatic carboxylic acids is 1. The van der Waals surface area contributed by atoms with Gasteiger partial charge in [-0.2, -0.15) is 5.10 Å². The quantitative estimate of drug-likeness (QED) is 0.758. The van der Waals surface area contributed by atoms with E-state index in [1.54, 1.807) is 24.3 Å². The number of carbonyl (C=O) groups excluding carboxylic acids is 1. The van der Waals surface area contributed by atoms with Crippen LogP contribution in [0.3, 0.4) is 0 Å². The smallest absolute Gasteiger partial charge is 0.353 e. The van der Waals surface area contributed by atoms with Gasteiger partial charge in [0.25, 0.3) is 0 Å². The summed E-state index contributed by atoms with van der Waals surface area (Å²) in [5, 5.41) is 17.6. The van der Waals surface area contributed by atoms with E-state index in [1.165, 1.54) is 6.07 Å². The molecule has 1 aromatic heterocycles. The molecule has 0 saturated heterocycles. The molecule has 0 aliphatic rings. The van der Waals surface area contributed by atoms with Gasteiger partial charge in [-0.15, -0.1) is 0 Å². The molecule has 0 aliphatic heterocycles. The number of H-pyrrole nitrogens is 1. The number of nitrogens with one attached hydrogen (secondary N) is 2. The van der Waals surface area contributed by atoms with Crippen molar-refractivity contribution in [2.75, 3.05) is 11.9 Å².